The highest BCUT2D eigenvalue weighted by Gasteiger charge is 2.14. The number of carbonyl (C=O) groups excluding carboxylic acids is 1. The fourth-order valence-corrected chi connectivity index (χ4v) is 2.64. The first-order valence-corrected chi connectivity index (χ1v) is 8.00. The minimum Gasteiger partial charge on any atom is -0.467 e. The van der Waals surface area contributed by atoms with Crippen molar-refractivity contribution in [2.24, 2.45) is 0 Å². The SMILES string of the molecule is Nn1c(SCC(=O)NCc2ccco2)nnc1-c1ccc(F)cc1. The third-order valence-electron chi connectivity index (χ3n) is 3.14. The molecule has 1 amide bonds. The van der Waals surface area contributed by atoms with E-state index in [-0.39, 0.29) is 17.5 Å². The Labute approximate surface area is 141 Å². The number of hydrogen-bond acceptors (Lipinski definition) is 6. The van der Waals surface area contributed by atoms with Gasteiger partial charge in [-0.2, -0.15) is 0 Å². The van der Waals surface area contributed by atoms with Crippen LogP contribution >= 0.6 is 11.8 Å². The lowest BCUT2D eigenvalue weighted by Gasteiger charge is -2.04. The van der Waals surface area contributed by atoms with Crippen molar-refractivity contribution in [1.29, 1.82) is 0 Å². The van der Waals surface area contributed by atoms with Gasteiger partial charge < -0.3 is 15.6 Å². The van der Waals surface area contributed by atoms with E-state index in [2.05, 4.69) is 15.5 Å². The summed E-state index contributed by atoms with van der Waals surface area (Å²) in [5.74, 6) is 6.63. The monoisotopic (exact) mass is 347 g/mol. The third kappa shape index (κ3) is 3.74. The Morgan fingerprint density at radius 1 is 1.29 bits per heavy atom. The lowest BCUT2D eigenvalue weighted by atomic mass is 10.2. The average molecular weight is 347 g/mol. The lowest BCUT2D eigenvalue weighted by molar-refractivity contribution is -0.118. The van der Waals surface area contributed by atoms with Gasteiger partial charge in [0.05, 0.1) is 18.6 Å². The minimum atomic E-state index is -0.343. The Morgan fingerprint density at radius 2 is 2.08 bits per heavy atom. The number of aromatic nitrogens is 3. The van der Waals surface area contributed by atoms with Crippen molar-refractivity contribution in [3.8, 4) is 11.4 Å². The van der Waals surface area contributed by atoms with E-state index in [4.69, 9.17) is 10.3 Å². The van der Waals surface area contributed by atoms with E-state index in [1.165, 1.54) is 16.8 Å². The molecule has 3 N–H and O–H groups in total. The highest BCUT2D eigenvalue weighted by Crippen LogP contribution is 2.21. The zero-order valence-corrected chi connectivity index (χ0v) is 13.3. The third-order valence-corrected chi connectivity index (χ3v) is 4.08. The molecule has 7 nitrogen and oxygen atoms in total. The molecule has 3 rings (SSSR count). The van der Waals surface area contributed by atoms with Crippen LogP contribution in [0.25, 0.3) is 11.4 Å². The summed E-state index contributed by atoms with van der Waals surface area (Å²) in [7, 11) is 0. The number of benzene rings is 1. The number of thioether (sulfide) groups is 1. The molecule has 0 radical (unpaired) electrons. The first-order valence-electron chi connectivity index (χ1n) is 7.02. The molecule has 9 heteroatoms. The molecule has 1 aromatic carbocycles. The van der Waals surface area contributed by atoms with Gasteiger partial charge in [0, 0.05) is 5.56 Å². The van der Waals surface area contributed by atoms with Crippen LogP contribution in [0.3, 0.4) is 0 Å². The van der Waals surface area contributed by atoms with Crippen LogP contribution in [0.1, 0.15) is 5.76 Å². The van der Waals surface area contributed by atoms with E-state index in [1.54, 1.807) is 30.5 Å². The molecule has 24 heavy (non-hydrogen) atoms. The summed E-state index contributed by atoms with van der Waals surface area (Å²) < 4.78 is 19.4. The number of nitrogens with zero attached hydrogens (tertiary/aromatic N) is 3. The number of furan rings is 1. The van der Waals surface area contributed by atoms with Crippen molar-refractivity contribution >= 4 is 17.7 Å². The zero-order valence-electron chi connectivity index (χ0n) is 12.5. The molecule has 2 aromatic heterocycles. The maximum atomic E-state index is 13.0. The standard InChI is InChI=1S/C15H14FN5O2S/c16-11-5-3-10(4-6-11)14-19-20-15(21(14)17)24-9-13(22)18-8-12-2-1-7-23-12/h1-7H,8-9,17H2,(H,18,22). The van der Waals surface area contributed by atoms with Gasteiger partial charge in [0.25, 0.3) is 0 Å². The van der Waals surface area contributed by atoms with Crippen molar-refractivity contribution in [2.45, 2.75) is 11.7 Å². The Balaban J connectivity index is 1.58. The van der Waals surface area contributed by atoms with Gasteiger partial charge >= 0.3 is 0 Å². The molecule has 0 aliphatic rings. The second kappa shape index (κ2) is 7.18. The molecule has 0 saturated heterocycles. The number of amides is 1. The maximum Gasteiger partial charge on any atom is 0.230 e. The van der Waals surface area contributed by atoms with Crippen molar-refractivity contribution < 1.29 is 13.6 Å². The van der Waals surface area contributed by atoms with E-state index in [0.717, 1.165) is 11.8 Å². The van der Waals surface area contributed by atoms with Crippen LogP contribution in [-0.2, 0) is 11.3 Å². The van der Waals surface area contributed by atoms with Crippen LogP contribution < -0.4 is 11.2 Å². The second-order valence-corrected chi connectivity index (χ2v) is 5.77. The van der Waals surface area contributed by atoms with Gasteiger partial charge in [0.2, 0.25) is 11.1 Å². The highest BCUT2D eigenvalue weighted by molar-refractivity contribution is 7.99. The largest absolute Gasteiger partial charge is 0.467 e. The number of nitrogens with two attached hydrogens (primary N) is 1. The molecule has 2 heterocycles. The summed E-state index contributed by atoms with van der Waals surface area (Å²) in [5.41, 5.74) is 0.639. The predicted molar refractivity (Wildman–Crippen MR) is 86.8 cm³/mol. The van der Waals surface area contributed by atoms with Gasteiger partial charge in [0.1, 0.15) is 11.6 Å². The van der Waals surface area contributed by atoms with Crippen LogP contribution in [0.4, 0.5) is 4.39 Å². The molecule has 0 aliphatic carbocycles. The number of rotatable bonds is 6. The Kier molecular flexibility index (Phi) is 4.80. The summed E-state index contributed by atoms with van der Waals surface area (Å²) in [5, 5.41) is 11.1. The molecule has 124 valence electrons. The number of nitrogens with one attached hydrogen (secondary N) is 1. The summed E-state index contributed by atoms with van der Waals surface area (Å²) in [6, 6.07) is 9.29. The van der Waals surface area contributed by atoms with E-state index in [0.29, 0.717) is 28.8 Å². The van der Waals surface area contributed by atoms with Crippen LogP contribution in [0.2, 0.25) is 0 Å². The van der Waals surface area contributed by atoms with Gasteiger partial charge in [-0.25, -0.2) is 9.07 Å². The molecule has 0 fully saturated rings. The minimum absolute atomic E-state index is 0.138. The van der Waals surface area contributed by atoms with Gasteiger partial charge in [-0.15, -0.1) is 10.2 Å². The first kappa shape index (κ1) is 16.1. The Bertz CT molecular complexity index is 817. The topological polar surface area (TPSA) is 99.0 Å². The Hall–Kier alpha value is -2.81. The van der Waals surface area contributed by atoms with Crippen molar-refractivity contribution in [3.63, 3.8) is 0 Å². The fraction of sp³-hybridized carbons (Fsp3) is 0.133. The van der Waals surface area contributed by atoms with Gasteiger partial charge in [0.15, 0.2) is 5.82 Å². The average Bonchev–Trinajstić information content (AvgIpc) is 3.22. The van der Waals surface area contributed by atoms with Crippen LogP contribution in [0.15, 0.2) is 52.2 Å². The smallest absolute Gasteiger partial charge is 0.230 e. The van der Waals surface area contributed by atoms with E-state index >= 15 is 0 Å². The normalized spacial score (nSPS) is 10.7. The molecule has 0 saturated carbocycles. The van der Waals surface area contributed by atoms with Crippen molar-refractivity contribution in [3.05, 3.63) is 54.2 Å². The first-order chi connectivity index (χ1) is 11.6. The zero-order chi connectivity index (χ0) is 16.9. The molecule has 0 spiro atoms. The van der Waals surface area contributed by atoms with E-state index < -0.39 is 0 Å². The van der Waals surface area contributed by atoms with Crippen LogP contribution in [0.5, 0.6) is 0 Å². The number of halogens is 1. The fourth-order valence-electron chi connectivity index (χ4n) is 1.95. The van der Waals surface area contributed by atoms with Crippen molar-refractivity contribution in [2.75, 3.05) is 11.6 Å². The second-order valence-electron chi connectivity index (χ2n) is 4.83. The summed E-state index contributed by atoms with van der Waals surface area (Å²) in [6.45, 7) is 0.322. The molecule has 0 atom stereocenters. The Morgan fingerprint density at radius 3 is 2.79 bits per heavy atom. The molecular weight excluding hydrogens is 333 g/mol. The van der Waals surface area contributed by atoms with Crippen LogP contribution in [-0.4, -0.2) is 26.5 Å². The summed E-state index contributed by atoms with van der Waals surface area (Å²) >= 11 is 1.16. The van der Waals surface area contributed by atoms with Gasteiger partial charge in [-0.3, -0.25) is 4.79 Å². The van der Waals surface area contributed by atoms with Crippen molar-refractivity contribution in [1.82, 2.24) is 20.2 Å². The number of hydrogen-bond donors (Lipinski definition) is 2. The van der Waals surface area contributed by atoms with Gasteiger partial charge in [-0.1, -0.05) is 11.8 Å². The lowest BCUT2D eigenvalue weighted by Crippen LogP contribution is -2.24. The number of nitrogen functional groups attached to an aromatic ring is 1. The van der Waals surface area contributed by atoms with E-state index in [1.807, 2.05) is 0 Å². The predicted octanol–water partition coefficient (Wildman–Crippen LogP) is 1.80. The molecule has 3 aromatic rings. The summed E-state index contributed by atoms with van der Waals surface area (Å²) in [6.07, 6.45) is 1.55. The molecule has 0 bridgehead atoms. The summed E-state index contributed by atoms with van der Waals surface area (Å²) in [4.78, 5) is 11.8. The molecule has 0 aliphatic heterocycles. The quantitative estimate of drug-likeness (QED) is 0.521. The van der Waals surface area contributed by atoms with E-state index in [9.17, 15) is 9.18 Å². The highest BCUT2D eigenvalue weighted by atomic mass is 32.2. The molecular formula is C15H14FN5O2S. The maximum absolute atomic E-state index is 13.0. The van der Waals surface area contributed by atoms with Gasteiger partial charge in [-0.05, 0) is 36.4 Å². The van der Waals surface area contributed by atoms with Crippen LogP contribution in [0, 0.1) is 5.82 Å². The molecule has 0 unspecified atom stereocenters. The number of carbonyl (C=O) groups is 1.